The van der Waals surface area contributed by atoms with Crippen LogP contribution in [0.25, 0.3) is 61.5 Å². The summed E-state index contributed by atoms with van der Waals surface area (Å²) in [7, 11) is 0. The van der Waals surface area contributed by atoms with Gasteiger partial charge in [0.2, 0.25) is 0 Å². The van der Waals surface area contributed by atoms with Crippen molar-refractivity contribution in [3.63, 3.8) is 0 Å². The predicted molar refractivity (Wildman–Crippen MR) is 170 cm³/mol. The van der Waals surface area contributed by atoms with Gasteiger partial charge < -0.3 is 0 Å². The van der Waals surface area contributed by atoms with Gasteiger partial charge in [-0.15, -0.1) is 23.3 Å². The molecule has 0 aliphatic carbocycles. The molecule has 3 heteroatoms. The van der Waals surface area contributed by atoms with E-state index in [-0.39, 0.29) is 31.1 Å². The van der Waals surface area contributed by atoms with Crippen LogP contribution in [0, 0.1) is 61.5 Å². The van der Waals surface area contributed by atoms with E-state index in [1.54, 1.807) is 6.08 Å². The third-order valence-electron chi connectivity index (χ3n) is 7.37. The smallest absolute Gasteiger partial charge is 0.256 e. The first-order valence-corrected chi connectivity index (χ1v) is 13.5. The number of nitrogens with zero attached hydrogens (tertiary/aromatic N) is 2. The summed E-state index contributed by atoms with van der Waals surface area (Å²) >= 11 is 0. The van der Waals surface area contributed by atoms with E-state index < -0.39 is 0 Å². The Hall–Kier alpha value is -4.47. The summed E-state index contributed by atoms with van der Waals surface area (Å²) in [5.74, 6) is 0. The number of fused-ring (bicyclic) bond motifs is 1. The van der Waals surface area contributed by atoms with Crippen molar-refractivity contribution in [1.82, 2.24) is 4.98 Å². The molecule has 0 spiro atoms. The second kappa shape index (κ2) is 13.0. The van der Waals surface area contributed by atoms with Crippen LogP contribution in [0.4, 0.5) is 0 Å². The van der Waals surface area contributed by atoms with Crippen LogP contribution >= 0.6 is 0 Å². The van der Waals surface area contributed by atoms with Crippen molar-refractivity contribution in [3.8, 4) is 50.6 Å². The molecule has 6 aromatic rings. The first-order chi connectivity index (χ1) is 20.1. The van der Waals surface area contributed by atoms with Crippen LogP contribution in [0.15, 0.2) is 128 Å². The number of rotatable bonds is 6. The number of hydrogen-bond donors (Lipinski definition) is 0. The number of aryl methyl sites for hydroxylation is 1. The predicted octanol–water partition coefficient (Wildman–Crippen LogP) is 9.88. The molecule has 42 heavy (non-hydrogen) atoms. The maximum Gasteiger partial charge on any atom is 2.00 e. The van der Waals surface area contributed by atoms with Crippen molar-refractivity contribution in [2.24, 2.45) is 0 Å². The fraction of sp³-hybridized carbons (Fsp3) is 0.0256. The minimum atomic E-state index is 0. The van der Waals surface area contributed by atoms with E-state index >= 15 is 0 Å². The van der Waals surface area contributed by atoms with Crippen molar-refractivity contribution in [1.29, 1.82) is 5.26 Å². The van der Waals surface area contributed by atoms with Crippen LogP contribution in [0.3, 0.4) is 0 Å². The fourth-order valence-corrected chi connectivity index (χ4v) is 5.17. The molecular formula is C39H26N2U. The van der Waals surface area contributed by atoms with Gasteiger partial charge in [-0.3, -0.25) is 4.98 Å². The van der Waals surface area contributed by atoms with Crippen molar-refractivity contribution >= 4 is 17.0 Å². The van der Waals surface area contributed by atoms with Crippen molar-refractivity contribution in [2.75, 3.05) is 0 Å². The molecule has 6 rings (SSSR count). The number of hydrogen-bond acceptors (Lipinski definition) is 2. The summed E-state index contributed by atoms with van der Waals surface area (Å²) < 4.78 is 0. The molecule has 0 unspecified atom stereocenters. The SMILES string of the molecule is C=C/C=C\c1cc(-c2cc[c-]c(-c3[c-]ccc(-c4ccc(-c5ccc(C#N)cc5)cc4)c3)c2)c2cccnc2c1C.[U+2]. The van der Waals surface area contributed by atoms with E-state index in [4.69, 9.17) is 10.2 Å². The summed E-state index contributed by atoms with van der Waals surface area (Å²) in [6.07, 6.45) is 7.69. The molecule has 0 saturated heterocycles. The van der Waals surface area contributed by atoms with Gasteiger partial charge in [0.25, 0.3) is 0 Å². The Kier molecular flexibility index (Phi) is 9.00. The Balaban J connectivity index is 0.00000353. The fourth-order valence-electron chi connectivity index (χ4n) is 5.17. The molecule has 0 atom stereocenters. The average molecular weight is 761 g/mol. The van der Waals surface area contributed by atoms with Crippen LogP contribution < -0.4 is 0 Å². The Labute approximate surface area is 271 Å². The van der Waals surface area contributed by atoms with Gasteiger partial charge in [-0.2, -0.15) is 41.7 Å². The molecule has 0 aliphatic heterocycles. The van der Waals surface area contributed by atoms with Gasteiger partial charge in [0.05, 0.1) is 17.1 Å². The van der Waals surface area contributed by atoms with Crippen LogP contribution in [-0.4, -0.2) is 4.98 Å². The zero-order valence-electron chi connectivity index (χ0n) is 23.2. The zero-order valence-corrected chi connectivity index (χ0v) is 27.4. The van der Waals surface area contributed by atoms with Crippen LogP contribution in [0.2, 0.25) is 0 Å². The summed E-state index contributed by atoms with van der Waals surface area (Å²) in [6.45, 7) is 5.94. The molecule has 0 aliphatic rings. The molecule has 196 valence electrons. The first kappa shape index (κ1) is 29.0. The Morgan fingerprint density at radius 3 is 2.00 bits per heavy atom. The van der Waals surface area contributed by atoms with Gasteiger partial charge in [-0.05, 0) is 64.6 Å². The third-order valence-corrected chi connectivity index (χ3v) is 7.37. The average Bonchev–Trinajstić information content (AvgIpc) is 3.05. The van der Waals surface area contributed by atoms with Gasteiger partial charge in [-0.1, -0.05) is 67.3 Å². The zero-order chi connectivity index (χ0) is 28.2. The first-order valence-electron chi connectivity index (χ1n) is 13.5. The Bertz CT molecular complexity index is 1960. The Morgan fingerprint density at radius 2 is 1.36 bits per heavy atom. The molecule has 1 aromatic heterocycles. The molecular weight excluding hydrogens is 734 g/mol. The number of aromatic nitrogens is 1. The van der Waals surface area contributed by atoms with Crippen LogP contribution in [-0.2, 0) is 0 Å². The maximum atomic E-state index is 9.07. The van der Waals surface area contributed by atoms with Gasteiger partial charge >= 0.3 is 31.1 Å². The topological polar surface area (TPSA) is 36.7 Å². The number of pyridine rings is 1. The van der Waals surface area contributed by atoms with Crippen LogP contribution in [0.1, 0.15) is 16.7 Å². The standard InChI is InChI=1S/C39H26N2.U/c1-3-4-8-32-25-38(37-13-7-22-41-39(37)27(32)2)36-12-6-11-35(24-36)34-10-5-9-33(23-34)31-20-18-30(19-21-31)29-16-14-28(26-40)15-17-29;/h3-9,12-25H,1H2,2H3;/q-2;+2/b8-4-;. The maximum absolute atomic E-state index is 9.07. The summed E-state index contributed by atoms with van der Waals surface area (Å²) in [6, 6.07) is 44.0. The Morgan fingerprint density at radius 1 is 0.762 bits per heavy atom. The van der Waals surface area contributed by atoms with E-state index in [0.29, 0.717) is 5.56 Å². The molecule has 0 saturated carbocycles. The molecule has 0 bridgehead atoms. The van der Waals surface area contributed by atoms with Gasteiger partial charge in [0, 0.05) is 11.6 Å². The molecule has 0 N–H and O–H groups in total. The number of allylic oxidation sites excluding steroid dienone is 2. The summed E-state index contributed by atoms with van der Waals surface area (Å²) in [5.41, 5.74) is 12.6. The molecule has 0 fully saturated rings. The molecule has 0 radical (unpaired) electrons. The second-order valence-corrected chi connectivity index (χ2v) is 9.88. The summed E-state index contributed by atoms with van der Waals surface area (Å²) in [5, 5.41) is 10.2. The van der Waals surface area contributed by atoms with E-state index in [2.05, 4.69) is 98.4 Å². The second-order valence-electron chi connectivity index (χ2n) is 9.88. The van der Waals surface area contributed by atoms with E-state index in [0.717, 1.165) is 66.5 Å². The molecule has 1 heterocycles. The number of nitriles is 1. The molecule has 0 amide bonds. The van der Waals surface area contributed by atoms with Gasteiger partial charge in [0.1, 0.15) is 0 Å². The molecule has 2 nitrogen and oxygen atoms in total. The van der Waals surface area contributed by atoms with Gasteiger partial charge in [0.15, 0.2) is 0 Å². The quantitative estimate of drug-likeness (QED) is 0.125. The van der Waals surface area contributed by atoms with Crippen molar-refractivity contribution in [3.05, 3.63) is 157 Å². The van der Waals surface area contributed by atoms with E-state index in [9.17, 15) is 0 Å². The molecule has 5 aromatic carbocycles. The van der Waals surface area contributed by atoms with Crippen LogP contribution in [0.5, 0.6) is 0 Å². The summed E-state index contributed by atoms with van der Waals surface area (Å²) in [4.78, 5) is 4.71. The normalized spacial score (nSPS) is 10.8. The monoisotopic (exact) mass is 760 g/mol. The van der Waals surface area contributed by atoms with Crippen molar-refractivity contribution < 1.29 is 31.1 Å². The van der Waals surface area contributed by atoms with Crippen molar-refractivity contribution in [2.45, 2.75) is 6.92 Å². The van der Waals surface area contributed by atoms with E-state index in [1.807, 2.05) is 54.7 Å². The van der Waals surface area contributed by atoms with E-state index in [1.165, 1.54) is 0 Å². The minimum Gasteiger partial charge on any atom is -0.256 e. The minimum absolute atomic E-state index is 0. The van der Waals surface area contributed by atoms with Gasteiger partial charge in [-0.25, -0.2) is 11.1 Å². The largest absolute Gasteiger partial charge is 2.00 e. The third kappa shape index (κ3) is 5.93. The number of benzene rings is 5.